The summed E-state index contributed by atoms with van der Waals surface area (Å²) in [6, 6.07) is 5.17. The van der Waals surface area contributed by atoms with Gasteiger partial charge in [0.2, 0.25) is 10.0 Å². The normalized spacial score (nSPS) is 11.5. The number of rotatable bonds is 5. The average molecular weight is 313 g/mol. The number of nitrogens with two attached hydrogens (primary N) is 1. The molecule has 2 aromatic rings. The van der Waals surface area contributed by atoms with Gasteiger partial charge in [-0.1, -0.05) is 6.07 Å². The quantitative estimate of drug-likeness (QED) is 0.819. The first-order chi connectivity index (χ1) is 9.92. The summed E-state index contributed by atoms with van der Waals surface area (Å²) in [6.45, 7) is 0.0603. The SMILES string of the molecule is Nc1c(F)ccc(S(=O)(=O)NCCc2cccnc2)c1F. The fourth-order valence-corrected chi connectivity index (χ4v) is 2.83. The molecule has 0 bridgehead atoms. The van der Waals surface area contributed by atoms with Crippen LogP contribution in [0.1, 0.15) is 5.56 Å². The van der Waals surface area contributed by atoms with Crippen molar-refractivity contribution in [3.8, 4) is 0 Å². The first-order valence-corrected chi connectivity index (χ1v) is 7.52. The molecule has 0 fully saturated rings. The van der Waals surface area contributed by atoms with E-state index < -0.39 is 32.2 Å². The summed E-state index contributed by atoms with van der Waals surface area (Å²) in [5, 5.41) is 0. The lowest BCUT2D eigenvalue weighted by Gasteiger charge is -2.09. The van der Waals surface area contributed by atoms with Crippen LogP contribution < -0.4 is 10.5 Å². The van der Waals surface area contributed by atoms with Crippen molar-refractivity contribution in [2.24, 2.45) is 0 Å². The van der Waals surface area contributed by atoms with Gasteiger partial charge < -0.3 is 5.73 Å². The van der Waals surface area contributed by atoms with Crippen LogP contribution in [0, 0.1) is 11.6 Å². The second-order valence-electron chi connectivity index (χ2n) is 4.28. The van der Waals surface area contributed by atoms with Gasteiger partial charge in [-0.2, -0.15) is 0 Å². The Morgan fingerprint density at radius 3 is 2.67 bits per heavy atom. The number of halogens is 2. The molecular formula is C13H13F2N3O2S. The number of nitrogens with one attached hydrogen (secondary N) is 1. The monoisotopic (exact) mass is 313 g/mol. The third kappa shape index (κ3) is 3.53. The fraction of sp³-hybridized carbons (Fsp3) is 0.154. The molecule has 0 atom stereocenters. The van der Waals surface area contributed by atoms with Crippen LogP contribution in [0.2, 0.25) is 0 Å². The number of pyridine rings is 1. The van der Waals surface area contributed by atoms with Gasteiger partial charge in [0.15, 0.2) is 5.82 Å². The van der Waals surface area contributed by atoms with Crippen molar-refractivity contribution in [2.75, 3.05) is 12.3 Å². The third-order valence-corrected chi connectivity index (χ3v) is 4.29. The van der Waals surface area contributed by atoms with Gasteiger partial charge in [0.1, 0.15) is 16.4 Å². The highest BCUT2D eigenvalue weighted by Crippen LogP contribution is 2.22. The molecule has 0 spiro atoms. The van der Waals surface area contributed by atoms with Crippen LogP contribution in [0.15, 0.2) is 41.6 Å². The molecule has 2 rings (SSSR count). The summed E-state index contributed by atoms with van der Waals surface area (Å²) >= 11 is 0. The van der Waals surface area contributed by atoms with E-state index in [0.29, 0.717) is 6.42 Å². The second-order valence-corrected chi connectivity index (χ2v) is 6.02. The number of nitrogens with zero attached hydrogens (tertiary/aromatic N) is 1. The molecule has 0 unspecified atom stereocenters. The Labute approximate surface area is 120 Å². The molecule has 0 aliphatic rings. The minimum Gasteiger partial charge on any atom is -0.394 e. The Morgan fingerprint density at radius 2 is 2.00 bits per heavy atom. The molecule has 0 aliphatic carbocycles. The van der Waals surface area contributed by atoms with Crippen molar-refractivity contribution in [1.29, 1.82) is 0 Å². The molecule has 5 nitrogen and oxygen atoms in total. The van der Waals surface area contributed by atoms with E-state index in [-0.39, 0.29) is 6.54 Å². The van der Waals surface area contributed by atoms with E-state index in [1.54, 1.807) is 24.5 Å². The van der Waals surface area contributed by atoms with Crippen LogP contribution in [0.25, 0.3) is 0 Å². The highest BCUT2D eigenvalue weighted by molar-refractivity contribution is 7.89. The Morgan fingerprint density at radius 1 is 1.24 bits per heavy atom. The third-order valence-electron chi connectivity index (χ3n) is 2.81. The van der Waals surface area contributed by atoms with Gasteiger partial charge in [-0.25, -0.2) is 21.9 Å². The van der Waals surface area contributed by atoms with Crippen molar-refractivity contribution in [3.05, 3.63) is 53.9 Å². The maximum Gasteiger partial charge on any atom is 0.243 e. The topological polar surface area (TPSA) is 85.1 Å². The Kier molecular flexibility index (Phi) is 4.49. The predicted molar refractivity (Wildman–Crippen MR) is 73.9 cm³/mol. The molecule has 1 heterocycles. The Bertz CT molecular complexity index is 737. The molecule has 3 N–H and O–H groups in total. The average Bonchev–Trinajstić information content (AvgIpc) is 2.45. The highest BCUT2D eigenvalue weighted by Gasteiger charge is 2.22. The minimum atomic E-state index is -4.09. The molecule has 0 amide bonds. The first kappa shape index (κ1) is 15.3. The number of hydrogen-bond donors (Lipinski definition) is 2. The molecular weight excluding hydrogens is 300 g/mol. The number of nitrogen functional groups attached to an aromatic ring is 1. The van der Waals surface area contributed by atoms with Gasteiger partial charge in [0.05, 0.1) is 0 Å². The number of benzene rings is 1. The van der Waals surface area contributed by atoms with Gasteiger partial charge in [0, 0.05) is 18.9 Å². The van der Waals surface area contributed by atoms with Crippen molar-refractivity contribution >= 4 is 15.7 Å². The highest BCUT2D eigenvalue weighted by atomic mass is 32.2. The van der Waals surface area contributed by atoms with Crippen LogP contribution in [0.4, 0.5) is 14.5 Å². The van der Waals surface area contributed by atoms with E-state index in [1.807, 2.05) is 0 Å². The zero-order chi connectivity index (χ0) is 15.5. The van der Waals surface area contributed by atoms with Gasteiger partial charge in [-0.05, 0) is 30.2 Å². The van der Waals surface area contributed by atoms with Gasteiger partial charge >= 0.3 is 0 Å². The summed E-state index contributed by atoms with van der Waals surface area (Å²) in [5.41, 5.74) is 5.17. The molecule has 0 saturated carbocycles. The first-order valence-electron chi connectivity index (χ1n) is 6.04. The van der Waals surface area contributed by atoms with Crippen molar-refractivity contribution in [1.82, 2.24) is 9.71 Å². The van der Waals surface area contributed by atoms with Crippen LogP contribution in [0.5, 0.6) is 0 Å². The lowest BCUT2D eigenvalue weighted by atomic mass is 10.2. The molecule has 8 heteroatoms. The zero-order valence-electron chi connectivity index (χ0n) is 10.9. The van der Waals surface area contributed by atoms with E-state index in [9.17, 15) is 17.2 Å². The molecule has 0 aliphatic heterocycles. The Balaban J connectivity index is 2.11. The van der Waals surface area contributed by atoms with Crippen molar-refractivity contribution < 1.29 is 17.2 Å². The molecule has 0 radical (unpaired) electrons. The molecule has 21 heavy (non-hydrogen) atoms. The second kappa shape index (κ2) is 6.15. The maximum atomic E-state index is 13.7. The summed E-state index contributed by atoms with van der Waals surface area (Å²) in [7, 11) is -4.09. The number of aromatic nitrogens is 1. The zero-order valence-corrected chi connectivity index (χ0v) is 11.7. The minimum absolute atomic E-state index is 0.0603. The molecule has 1 aromatic heterocycles. The van der Waals surface area contributed by atoms with E-state index >= 15 is 0 Å². The number of sulfonamides is 1. The van der Waals surface area contributed by atoms with Crippen LogP contribution in [-0.4, -0.2) is 19.9 Å². The lowest BCUT2D eigenvalue weighted by Crippen LogP contribution is -2.27. The van der Waals surface area contributed by atoms with Gasteiger partial charge in [-0.15, -0.1) is 0 Å². The predicted octanol–water partition coefficient (Wildman–Crippen LogP) is 1.46. The standard InChI is InChI=1S/C13H13F2N3O2S/c14-10-3-4-11(12(15)13(10)16)21(19,20)18-7-5-9-2-1-6-17-8-9/h1-4,6,8,18H,5,7,16H2. The van der Waals surface area contributed by atoms with E-state index in [4.69, 9.17) is 5.73 Å². The Hall–Kier alpha value is -2.06. The van der Waals surface area contributed by atoms with E-state index in [0.717, 1.165) is 17.7 Å². The number of anilines is 1. The number of hydrogen-bond acceptors (Lipinski definition) is 4. The van der Waals surface area contributed by atoms with E-state index in [2.05, 4.69) is 9.71 Å². The lowest BCUT2D eigenvalue weighted by molar-refractivity contribution is 0.548. The smallest absolute Gasteiger partial charge is 0.243 e. The summed E-state index contributed by atoms with van der Waals surface area (Å²) < 4.78 is 52.9. The molecule has 1 aromatic carbocycles. The summed E-state index contributed by atoms with van der Waals surface area (Å²) in [4.78, 5) is 3.22. The van der Waals surface area contributed by atoms with Gasteiger partial charge in [0.25, 0.3) is 0 Å². The van der Waals surface area contributed by atoms with Crippen LogP contribution >= 0.6 is 0 Å². The van der Waals surface area contributed by atoms with Crippen LogP contribution in [0.3, 0.4) is 0 Å². The fourth-order valence-electron chi connectivity index (χ4n) is 1.71. The summed E-state index contributed by atoms with van der Waals surface area (Å²) in [5.74, 6) is -2.29. The summed E-state index contributed by atoms with van der Waals surface area (Å²) in [6.07, 6.45) is 3.60. The van der Waals surface area contributed by atoms with E-state index in [1.165, 1.54) is 0 Å². The van der Waals surface area contributed by atoms with Crippen molar-refractivity contribution in [3.63, 3.8) is 0 Å². The molecule has 0 saturated heterocycles. The van der Waals surface area contributed by atoms with Crippen LogP contribution in [-0.2, 0) is 16.4 Å². The maximum absolute atomic E-state index is 13.7. The largest absolute Gasteiger partial charge is 0.394 e. The molecule has 112 valence electrons. The van der Waals surface area contributed by atoms with Crippen molar-refractivity contribution in [2.45, 2.75) is 11.3 Å². The van der Waals surface area contributed by atoms with Gasteiger partial charge in [-0.3, -0.25) is 4.98 Å².